The third-order valence-electron chi connectivity index (χ3n) is 5.83. The second-order valence-electron chi connectivity index (χ2n) is 7.14. The van der Waals surface area contributed by atoms with Gasteiger partial charge >= 0.3 is 0 Å². The lowest BCUT2D eigenvalue weighted by Gasteiger charge is -2.35. The molecule has 3 aromatic rings. The highest BCUT2D eigenvalue weighted by Gasteiger charge is 2.40. The van der Waals surface area contributed by atoms with E-state index >= 15 is 0 Å². The molecule has 3 atom stereocenters. The normalized spacial score (nSPS) is 23.2. The van der Waals surface area contributed by atoms with E-state index in [1.807, 2.05) is 30.7 Å². The molecule has 1 aromatic heterocycles. The van der Waals surface area contributed by atoms with Crippen LogP contribution < -0.4 is 5.73 Å². The summed E-state index contributed by atoms with van der Waals surface area (Å²) < 4.78 is 2.17. The number of carbonyl (C=O) groups excluding carboxylic acids is 1. The van der Waals surface area contributed by atoms with Crippen LogP contribution in [0.4, 0.5) is 0 Å². The standard InChI is InChI=1S/C21H19N3O2/c22-21(26)13-6-5-12-7-8-16(20(25)17(12)9-13)19-15-4-2-1-3-14(15)18-10-23-11-24(18)19/h1-6,9-11,16,19-20,25H,7-8H2,(H2,22,26)/t16-,19-,20+/m0/s1. The van der Waals surface area contributed by atoms with Crippen molar-refractivity contribution in [1.82, 2.24) is 9.55 Å². The van der Waals surface area contributed by atoms with Gasteiger partial charge in [-0.05, 0) is 41.7 Å². The summed E-state index contributed by atoms with van der Waals surface area (Å²) in [5, 5.41) is 11.2. The molecule has 2 aliphatic rings. The number of aryl methyl sites for hydroxylation is 1. The third kappa shape index (κ3) is 2.07. The minimum Gasteiger partial charge on any atom is -0.388 e. The van der Waals surface area contributed by atoms with E-state index < -0.39 is 12.0 Å². The molecule has 5 rings (SSSR count). The predicted octanol–water partition coefficient (Wildman–Crippen LogP) is 2.85. The Kier molecular flexibility index (Phi) is 3.27. The van der Waals surface area contributed by atoms with Gasteiger partial charge in [0.2, 0.25) is 5.91 Å². The van der Waals surface area contributed by atoms with Crippen LogP contribution in [-0.2, 0) is 6.42 Å². The average molecular weight is 345 g/mol. The molecule has 5 nitrogen and oxygen atoms in total. The number of amides is 1. The molecule has 1 amide bonds. The Labute approximate surface area is 151 Å². The molecule has 2 heterocycles. The maximum atomic E-state index is 11.6. The first-order valence-corrected chi connectivity index (χ1v) is 8.87. The van der Waals surface area contributed by atoms with Crippen LogP contribution in [0.15, 0.2) is 55.0 Å². The first-order valence-electron chi connectivity index (χ1n) is 8.87. The summed E-state index contributed by atoms with van der Waals surface area (Å²) in [6, 6.07) is 13.8. The van der Waals surface area contributed by atoms with Crippen molar-refractivity contribution in [3.63, 3.8) is 0 Å². The molecule has 0 spiro atoms. The fourth-order valence-corrected chi connectivity index (χ4v) is 4.60. The summed E-state index contributed by atoms with van der Waals surface area (Å²) in [5.41, 5.74) is 11.3. The van der Waals surface area contributed by atoms with Gasteiger partial charge in [-0.1, -0.05) is 30.3 Å². The van der Waals surface area contributed by atoms with Gasteiger partial charge in [0.15, 0.2) is 0 Å². The maximum absolute atomic E-state index is 11.6. The van der Waals surface area contributed by atoms with Gasteiger partial charge in [0.05, 0.1) is 30.4 Å². The molecule has 0 saturated heterocycles. The first-order chi connectivity index (χ1) is 12.6. The molecule has 1 aliphatic heterocycles. The Morgan fingerprint density at radius 2 is 2.04 bits per heavy atom. The molecule has 0 radical (unpaired) electrons. The number of aliphatic hydroxyl groups is 1. The van der Waals surface area contributed by atoms with Gasteiger partial charge in [-0.2, -0.15) is 0 Å². The van der Waals surface area contributed by atoms with Crippen LogP contribution in [0.3, 0.4) is 0 Å². The minimum absolute atomic E-state index is 0.0160. The summed E-state index contributed by atoms with van der Waals surface area (Å²) in [5.74, 6) is -0.451. The van der Waals surface area contributed by atoms with Crippen LogP contribution in [0, 0.1) is 5.92 Å². The Morgan fingerprint density at radius 3 is 2.88 bits per heavy atom. The number of aliphatic hydroxyl groups excluding tert-OH is 1. The number of hydrogen-bond acceptors (Lipinski definition) is 3. The number of benzene rings is 2. The van der Waals surface area contributed by atoms with Crippen molar-refractivity contribution in [2.45, 2.75) is 25.0 Å². The molecule has 26 heavy (non-hydrogen) atoms. The van der Waals surface area contributed by atoms with E-state index in [0.717, 1.165) is 29.7 Å². The lowest BCUT2D eigenvalue weighted by Crippen LogP contribution is -2.29. The largest absolute Gasteiger partial charge is 0.388 e. The number of nitrogens with zero attached hydrogens (tertiary/aromatic N) is 2. The smallest absolute Gasteiger partial charge is 0.248 e. The predicted molar refractivity (Wildman–Crippen MR) is 97.5 cm³/mol. The van der Waals surface area contributed by atoms with E-state index in [9.17, 15) is 9.90 Å². The highest BCUT2D eigenvalue weighted by molar-refractivity contribution is 5.93. The second-order valence-corrected chi connectivity index (χ2v) is 7.14. The zero-order chi connectivity index (χ0) is 17.8. The Balaban J connectivity index is 1.60. The van der Waals surface area contributed by atoms with Gasteiger partial charge in [0.25, 0.3) is 0 Å². The summed E-state index contributed by atoms with van der Waals surface area (Å²) in [6.45, 7) is 0. The van der Waals surface area contributed by atoms with Crippen LogP contribution in [-0.4, -0.2) is 20.6 Å². The molecule has 130 valence electrons. The molecule has 2 aromatic carbocycles. The Bertz CT molecular complexity index is 1020. The number of hydrogen-bond donors (Lipinski definition) is 2. The number of nitrogens with two attached hydrogens (primary N) is 1. The topological polar surface area (TPSA) is 81.1 Å². The van der Waals surface area contributed by atoms with Crippen molar-refractivity contribution in [1.29, 1.82) is 0 Å². The van der Waals surface area contributed by atoms with E-state index in [0.29, 0.717) is 5.56 Å². The van der Waals surface area contributed by atoms with Crippen LogP contribution in [0.25, 0.3) is 11.3 Å². The molecular weight excluding hydrogens is 326 g/mol. The molecule has 0 bridgehead atoms. The summed E-state index contributed by atoms with van der Waals surface area (Å²) in [7, 11) is 0. The quantitative estimate of drug-likeness (QED) is 0.749. The van der Waals surface area contributed by atoms with Crippen LogP contribution >= 0.6 is 0 Å². The number of fused-ring (bicyclic) bond motifs is 4. The molecule has 3 N–H and O–H groups in total. The van der Waals surface area contributed by atoms with Crippen molar-refractivity contribution < 1.29 is 9.90 Å². The average Bonchev–Trinajstić information content (AvgIpc) is 3.23. The zero-order valence-electron chi connectivity index (χ0n) is 14.2. The van der Waals surface area contributed by atoms with E-state index in [-0.39, 0.29) is 12.0 Å². The Morgan fingerprint density at radius 1 is 1.19 bits per heavy atom. The van der Waals surface area contributed by atoms with Gasteiger partial charge in [-0.25, -0.2) is 4.98 Å². The molecule has 0 fully saturated rings. The molecule has 5 heteroatoms. The van der Waals surface area contributed by atoms with Crippen LogP contribution in [0.5, 0.6) is 0 Å². The second kappa shape index (κ2) is 5.54. The monoisotopic (exact) mass is 345 g/mol. The summed E-state index contributed by atoms with van der Waals surface area (Å²) >= 11 is 0. The molecule has 0 unspecified atom stereocenters. The van der Waals surface area contributed by atoms with Crippen molar-refractivity contribution >= 4 is 5.91 Å². The van der Waals surface area contributed by atoms with Gasteiger partial charge in [0, 0.05) is 17.0 Å². The van der Waals surface area contributed by atoms with Gasteiger partial charge in [-0.15, -0.1) is 0 Å². The number of carbonyl (C=O) groups is 1. The van der Waals surface area contributed by atoms with Crippen molar-refractivity contribution in [2.24, 2.45) is 11.7 Å². The fraction of sp³-hybridized carbons (Fsp3) is 0.238. The van der Waals surface area contributed by atoms with Crippen molar-refractivity contribution in [3.05, 3.63) is 77.2 Å². The maximum Gasteiger partial charge on any atom is 0.248 e. The SMILES string of the molecule is NC(=O)c1ccc2c(c1)[C@H](O)[C@H]([C@@H]1c3ccccc3-c3cncn31)CC2. The number of primary amides is 1. The van der Waals surface area contributed by atoms with E-state index in [4.69, 9.17) is 5.73 Å². The van der Waals surface area contributed by atoms with Crippen molar-refractivity contribution in [3.8, 4) is 11.3 Å². The van der Waals surface area contributed by atoms with E-state index in [1.165, 1.54) is 11.1 Å². The molecule has 0 saturated carbocycles. The number of rotatable bonds is 2. The third-order valence-corrected chi connectivity index (χ3v) is 5.83. The zero-order valence-corrected chi connectivity index (χ0v) is 14.2. The molecular formula is C21H19N3O2. The van der Waals surface area contributed by atoms with Crippen LogP contribution in [0.1, 0.15) is 45.6 Å². The van der Waals surface area contributed by atoms with E-state index in [1.54, 1.807) is 12.1 Å². The Hall–Kier alpha value is -2.92. The number of imidazole rings is 1. The minimum atomic E-state index is -0.649. The van der Waals surface area contributed by atoms with Crippen LogP contribution in [0.2, 0.25) is 0 Å². The lowest BCUT2D eigenvalue weighted by molar-refractivity contribution is 0.0719. The summed E-state index contributed by atoms with van der Waals surface area (Å²) in [4.78, 5) is 15.9. The highest BCUT2D eigenvalue weighted by Crippen LogP contribution is 2.49. The molecule has 1 aliphatic carbocycles. The lowest BCUT2D eigenvalue weighted by atomic mass is 9.75. The van der Waals surface area contributed by atoms with Gasteiger partial charge in [0.1, 0.15) is 0 Å². The van der Waals surface area contributed by atoms with E-state index in [2.05, 4.69) is 21.7 Å². The van der Waals surface area contributed by atoms with Gasteiger partial charge in [-0.3, -0.25) is 4.79 Å². The summed E-state index contributed by atoms with van der Waals surface area (Å²) in [6.07, 6.45) is 4.83. The first kappa shape index (κ1) is 15.3. The highest BCUT2D eigenvalue weighted by atomic mass is 16.3. The van der Waals surface area contributed by atoms with Crippen molar-refractivity contribution in [2.75, 3.05) is 0 Å². The number of aromatic nitrogens is 2. The van der Waals surface area contributed by atoms with Gasteiger partial charge < -0.3 is 15.4 Å². The fourth-order valence-electron chi connectivity index (χ4n) is 4.60.